The molecule has 0 aliphatic carbocycles. The summed E-state index contributed by atoms with van der Waals surface area (Å²) in [6.07, 6.45) is 0.382. The van der Waals surface area contributed by atoms with Gasteiger partial charge in [0.15, 0.2) is 0 Å². The molecule has 3 aromatic rings. The minimum atomic E-state index is -0.559. The lowest BCUT2D eigenvalue weighted by Crippen LogP contribution is -2.31. The standard InChI is InChI=1S/C27H22ClN3O2S/c1-17-12-13-21(14-18(17)2)31-26(33)24(15-19-8-6-7-11-23(19)28)34-27(31)22(16-29)25(32)30-20-9-4-3-5-10-20/h3-14,24H,15H2,1-2H3,(H,30,32)/b27-22-. The third-order valence-electron chi connectivity index (χ3n) is 5.65. The Labute approximate surface area is 208 Å². The van der Waals surface area contributed by atoms with Gasteiger partial charge in [-0.15, -0.1) is 0 Å². The van der Waals surface area contributed by atoms with Crippen molar-refractivity contribution in [1.29, 1.82) is 5.26 Å². The molecular formula is C27H22ClN3O2S. The van der Waals surface area contributed by atoms with Crippen LogP contribution in [0.15, 0.2) is 83.4 Å². The summed E-state index contributed by atoms with van der Waals surface area (Å²) >= 11 is 7.57. The second-order valence-electron chi connectivity index (χ2n) is 7.96. The van der Waals surface area contributed by atoms with Gasteiger partial charge in [0.2, 0.25) is 5.91 Å². The number of thioether (sulfide) groups is 1. The molecule has 7 heteroatoms. The van der Waals surface area contributed by atoms with Gasteiger partial charge in [0.25, 0.3) is 5.91 Å². The molecule has 1 aliphatic heterocycles. The number of aryl methyl sites for hydroxylation is 2. The van der Waals surface area contributed by atoms with E-state index in [4.69, 9.17) is 11.6 Å². The summed E-state index contributed by atoms with van der Waals surface area (Å²) < 4.78 is 0. The van der Waals surface area contributed by atoms with Gasteiger partial charge >= 0.3 is 0 Å². The van der Waals surface area contributed by atoms with Crippen molar-refractivity contribution in [2.45, 2.75) is 25.5 Å². The molecule has 0 aromatic heterocycles. The lowest BCUT2D eigenvalue weighted by molar-refractivity contribution is -0.117. The number of para-hydroxylation sites is 1. The molecule has 1 N–H and O–H groups in total. The first-order valence-corrected chi connectivity index (χ1v) is 12.0. The highest BCUT2D eigenvalue weighted by Crippen LogP contribution is 2.42. The summed E-state index contributed by atoms with van der Waals surface area (Å²) in [6.45, 7) is 3.95. The summed E-state index contributed by atoms with van der Waals surface area (Å²) in [5.74, 6) is -0.750. The fourth-order valence-corrected chi connectivity index (χ4v) is 5.17. The predicted octanol–water partition coefficient (Wildman–Crippen LogP) is 6.02. The largest absolute Gasteiger partial charge is 0.321 e. The van der Waals surface area contributed by atoms with Gasteiger partial charge in [0.1, 0.15) is 16.7 Å². The lowest BCUT2D eigenvalue weighted by atomic mass is 10.1. The van der Waals surface area contributed by atoms with E-state index in [1.54, 1.807) is 30.3 Å². The number of nitriles is 1. The van der Waals surface area contributed by atoms with Crippen molar-refractivity contribution in [1.82, 2.24) is 0 Å². The highest BCUT2D eigenvalue weighted by molar-refractivity contribution is 8.05. The number of amides is 2. The normalized spacial score (nSPS) is 16.8. The van der Waals surface area contributed by atoms with Gasteiger partial charge in [-0.1, -0.05) is 65.8 Å². The van der Waals surface area contributed by atoms with Gasteiger partial charge in [-0.05, 0) is 67.3 Å². The Morgan fingerprint density at radius 1 is 1.06 bits per heavy atom. The maximum atomic E-state index is 13.6. The number of hydrogen-bond acceptors (Lipinski definition) is 4. The number of benzene rings is 3. The Kier molecular flexibility index (Phi) is 7.06. The molecule has 1 unspecified atom stereocenters. The van der Waals surface area contributed by atoms with E-state index in [2.05, 4.69) is 5.32 Å². The number of carbonyl (C=O) groups is 2. The molecule has 0 bridgehead atoms. The number of rotatable bonds is 5. The Morgan fingerprint density at radius 2 is 1.76 bits per heavy atom. The Bertz CT molecular complexity index is 1330. The average molecular weight is 488 g/mol. The summed E-state index contributed by atoms with van der Waals surface area (Å²) in [4.78, 5) is 28.2. The number of carbonyl (C=O) groups excluding carboxylic acids is 2. The van der Waals surface area contributed by atoms with E-state index in [1.165, 1.54) is 16.7 Å². The van der Waals surface area contributed by atoms with Gasteiger partial charge in [0.05, 0.1) is 5.25 Å². The second kappa shape index (κ2) is 10.2. The molecule has 0 radical (unpaired) electrons. The summed E-state index contributed by atoms with van der Waals surface area (Å²) in [7, 11) is 0. The number of hydrogen-bond donors (Lipinski definition) is 1. The number of nitrogens with one attached hydrogen (secondary N) is 1. The molecule has 0 saturated carbocycles. The fraction of sp³-hybridized carbons (Fsp3) is 0.148. The first kappa shape index (κ1) is 23.6. The quantitative estimate of drug-likeness (QED) is 0.352. The van der Waals surface area contributed by atoms with Crippen LogP contribution in [0, 0.1) is 25.2 Å². The van der Waals surface area contributed by atoms with Crippen molar-refractivity contribution in [3.63, 3.8) is 0 Å². The van der Waals surface area contributed by atoms with Crippen molar-refractivity contribution in [3.8, 4) is 6.07 Å². The van der Waals surface area contributed by atoms with Crippen LogP contribution in [0.2, 0.25) is 5.02 Å². The molecule has 1 heterocycles. The number of halogens is 1. The van der Waals surface area contributed by atoms with Crippen molar-refractivity contribution in [3.05, 3.63) is 105 Å². The van der Waals surface area contributed by atoms with E-state index < -0.39 is 11.2 Å². The van der Waals surface area contributed by atoms with Crippen LogP contribution in [0.4, 0.5) is 11.4 Å². The van der Waals surface area contributed by atoms with E-state index in [0.29, 0.717) is 27.8 Å². The minimum absolute atomic E-state index is 0.109. The zero-order valence-electron chi connectivity index (χ0n) is 18.7. The van der Waals surface area contributed by atoms with Crippen LogP contribution in [0.5, 0.6) is 0 Å². The van der Waals surface area contributed by atoms with Crippen molar-refractivity contribution >= 4 is 46.6 Å². The molecule has 1 fully saturated rings. The Balaban J connectivity index is 1.76. The third kappa shape index (κ3) is 4.86. The Morgan fingerprint density at radius 3 is 2.44 bits per heavy atom. The molecule has 34 heavy (non-hydrogen) atoms. The minimum Gasteiger partial charge on any atom is -0.321 e. The predicted molar refractivity (Wildman–Crippen MR) is 138 cm³/mol. The third-order valence-corrected chi connectivity index (χ3v) is 7.28. The van der Waals surface area contributed by atoms with Crippen molar-refractivity contribution in [2.24, 2.45) is 0 Å². The molecule has 170 valence electrons. The van der Waals surface area contributed by atoms with Gasteiger partial charge < -0.3 is 5.32 Å². The van der Waals surface area contributed by atoms with Gasteiger partial charge in [-0.25, -0.2) is 0 Å². The zero-order valence-corrected chi connectivity index (χ0v) is 20.3. The number of anilines is 2. The lowest BCUT2D eigenvalue weighted by Gasteiger charge is -2.20. The molecule has 0 spiro atoms. The van der Waals surface area contributed by atoms with Crippen LogP contribution in [0.25, 0.3) is 0 Å². The van der Waals surface area contributed by atoms with E-state index in [0.717, 1.165) is 16.7 Å². The van der Waals surface area contributed by atoms with Crippen LogP contribution in [0.1, 0.15) is 16.7 Å². The maximum Gasteiger partial charge on any atom is 0.269 e. The number of nitrogens with zero attached hydrogens (tertiary/aromatic N) is 2. The monoisotopic (exact) mass is 487 g/mol. The molecular weight excluding hydrogens is 466 g/mol. The second-order valence-corrected chi connectivity index (χ2v) is 9.55. The molecule has 1 saturated heterocycles. The maximum absolute atomic E-state index is 13.6. The van der Waals surface area contributed by atoms with Gasteiger partial charge in [-0.2, -0.15) is 5.26 Å². The summed E-state index contributed by atoms with van der Waals surface area (Å²) in [5.41, 5.74) is 4.02. The van der Waals surface area contributed by atoms with E-state index in [-0.39, 0.29) is 11.5 Å². The SMILES string of the molecule is Cc1ccc(N2C(=O)C(Cc3ccccc3Cl)S/C2=C(/C#N)C(=O)Nc2ccccc2)cc1C. The van der Waals surface area contributed by atoms with Gasteiger partial charge in [-0.3, -0.25) is 14.5 Å². The molecule has 1 atom stereocenters. The van der Waals surface area contributed by atoms with E-state index in [1.807, 2.05) is 62.4 Å². The van der Waals surface area contributed by atoms with Crippen molar-refractivity contribution < 1.29 is 9.59 Å². The van der Waals surface area contributed by atoms with Crippen LogP contribution in [0.3, 0.4) is 0 Å². The first-order chi connectivity index (χ1) is 16.4. The summed E-state index contributed by atoms with van der Waals surface area (Å²) in [5, 5.41) is 13.1. The Hall–Kier alpha value is -3.53. The van der Waals surface area contributed by atoms with E-state index in [9.17, 15) is 14.9 Å². The average Bonchev–Trinajstić information content (AvgIpc) is 3.14. The van der Waals surface area contributed by atoms with Crippen LogP contribution in [-0.2, 0) is 16.0 Å². The molecule has 3 aromatic carbocycles. The van der Waals surface area contributed by atoms with Crippen molar-refractivity contribution in [2.75, 3.05) is 10.2 Å². The molecule has 5 nitrogen and oxygen atoms in total. The topological polar surface area (TPSA) is 73.2 Å². The fourth-order valence-electron chi connectivity index (χ4n) is 3.67. The van der Waals surface area contributed by atoms with Crippen LogP contribution < -0.4 is 10.2 Å². The van der Waals surface area contributed by atoms with Crippen LogP contribution in [-0.4, -0.2) is 17.1 Å². The van der Waals surface area contributed by atoms with E-state index >= 15 is 0 Å². The van der Waals surface area contributed by atoms with Gasteiger partial charge in [0, 0.05) is 16.4 Å². The molecule has 1 aliphatic rings. The highest BCUT2D eigenvalue weighted by atomic mass is 35.5. The smallest absolute Gasteiger partial charge is 0.269 e. The first-order valence-electron chi connectivity index (χ1n) is 10.7. The summed E-state index contributed by atoms with van der Waals surface area (Å²) in [6, 6.07) is 24.0. The van der Waals surface area contributed by atoms with Crippen LogP contribution >= 0.6 is 23.4 Å². The zero-order chi connectivity index (χ0) is 24.2. The molecule has 2 amide bonds. The highest BCUT2D eigenvalue weighted by Gasteiger charge is 2.41. The molecule has 4 rings (SSSR count).